The molecule has 1 saturated carbocycles. The van der Waals surface area contributed by atoms with E-state index in [0.29, 0.717) is 41.8 Å². The Morgan fingerprint density at radius 3 is 2.55 bits per heavy atom. The average molecular weight is 587 g/mol. The third kappa shape index (κ3) is 6.14. The van der Waals surface area contributed by atoms with Gasteiger partial charge in [-0.2, -0.15) is 14.3 Å². The Labute approximate surface area is 245 Å². The van der Waals surface area contributed by atoms with Gasteiger partial charge in [0.05, 0.1) is 46.2 Å². The Hall–Kier alpha value is -4.28. The van der Waals surface area contributed by atoms with Gasteiger partial charge in [0, 0.05) is 43.8 Å². The van der Waals surface area contributed by atoms with Crippen LogP contribution in [0.3, 0.4) is 0 Å². The number of H-pyrrole nitrogens is 1. The molecule has 0 amide bonds. The molecule has 6 rings (SSSR count). The molecule has 13 heteroatoms. The fourth-order valence-corrected chi connectivity index (χ4v) is 6.61. The zero-order valence-corrected chi connectivity index (χ0v) is 24.8. The third-order valence-corrected chi connectivity index (χ3v) is 9.59. The molecule has 2 fully saturated rings. The lowest BCUT2D eigenvalue weighted by Gasteiger charge is -2.35. The van der Waals surface area contributed by atoms with Crippen LogP contribution in [0.5, 0.6) is 0 Å². The molecule has 4 aromatic rings. The molecule has 0 atom stereocenters. The van der Waals surface area contributed by atoms with Gasteiger partial charge in [0.1, 0.15) is 11.6 Å². The molecule has 0 unspecified atom stereocenters. The lowest BCUT2D eigenvalue weighted by atomic mass is 9.95. The average Bonchev–Trinajstić information content (AvgIpc) is 3.58. The van der Waals surface area contributed by atoms with Gasteiger partial charge in [-0.05, 0) is 58.7 Å². The minimum Gasteiger partial charge on any atom is -0.370 e. The second-order valence-corrected chi connectivity index (χ2v) is 13.2. The molecule has 0 radical (unpaired) electrons. The highest BCUT2D eigenvalue weighted by molar-refractivity contribution is 7.90. The fourth-order valence-electron chi connectivity index (χ4n) is 5.13. The highest BCUT2D eigenvalue weighted by Gasteiger charge is 2.37. The number of nitrogens with zero attached hydrogens (tertiary/aromatic N) is 8. The van der Waals surface area contributed by atoms with Crippen molar-refractivity contribution in [2.75, 3.05) is 43.9 Å². The van der Waals surface area contributed by atoms with E-state index in [1.165, 1.54) is 12.4 Å². The van der Waals surface area contributed by atoms with Crippen molar-refractivity contribution in [1.29, 1.82) is 0 Å². The van der Waals surface area contributed by atoms with Crippen LogP contribution in [0.15, 0.2) is 43.1 Å². The first-order chi connectivity index (χ1) is 20.3. The summed E-state index contributed by atoms with van der Waals surface area (Å²) in [5.41, 5.74) is 4.17. The second-order valence-electron chi connectivity index (χ2n) is 11.2. The first-order valence-electron chi connectivity index (χ1n) is 14.1. The molecule has 2 N–H and O–H groups in total. The summed E-state index contributed by atoms with van der Waals surface area (Å²) in [6.07, 6.45) is 11.7. The highest BCUT2D eigenvalue weighted by atomic mass is 32.2. The number of nitrogens with one attached hydrogen (secondary N) is 2. The van der Waals surface area contributed by atoms with Crippen molar-refractivity contribution in [1.82, 2.24) is 39.2 Å². The summed E-state index contributed by atoms with van der Waals surface area (Å²) in [6, 6.07) is 3.76. The zero-order chi connectivity index (χ0) is 29.3. The van der Waals surface area contributed by atoms with Gasteiger partial charge in [0.15, 0.2) is 5.82 Å². The lowest BCUT2D eigenvalue weighted by molar-refractivity contribution is 0.285. The summed E-state index contributed by atoms with van der Waals surface area (Å²) in [4.78, 5) is 18.2. The van der Waals surface area contributed by atoms with Crippen LogP contribution in [-0.2, 0) is 10.0 Å². The van der Waals surface area contributed by atoms with E-state index in [4.69, 9.17) is 0 Å². The molecule has 1 saturated heterocycles. The smallest absolute Gasteiger partial charge is 0.256 e. The van der Waals surface area contributed by atoms with Gasteiger partial charge in [-0.25, -0.2) is 23.4 Å². The van der Waals surface area contributed by atoms with Crippen LogP contribution >= 0.6 is 0 Å². The van der Waals surface area contributed by atoms with Gasteiger partial charge in [0.2, 0.25) is 0 Å². The largest absolute Gasteiger partial charge is 0.370 e. The van der Waals surface area contributed by atoms with Crippen LogP contribution in [0.1, 0.15) is 42.5 Å². The monoisotopic (exact) mass is 586 g/mol. The Morgan fingerprint density at radius 1 is 1.05 bits per heavy atom. The summed E-state index contributed by atoms with van der Waals surface area (Å²) < 4.78 is 26.1. The van der Waals surface area contributed by atoms with E-state index in [1.54, 1.807) is 24.7 Å². The number of aryl methyl sites for hydroxylation is 1. The second kappa shape index (κ2) is 11.5. The SMILES string of the molecule is Cc1[nH]ncc1C#Cc1cnc(Nc2ccnc(-c3cnn(S(=O)(=O)C4CC4)c3)n2)cc1N1CCC(CN(C)C)CC1. The van der Waals surface area contributed by atoms with Crippen LogP contribution in [0.4, 0.5) is 17.3 Å². The number of hydrogen-bond donors (Lipinski definition) is 2. The van der Waals surface area contributed by atoms with Gasteiger partial charge in [-0.1, -0.05) is 11.8 Å². The maximum atomic E-state index is 12.6. The molecule has 1 aliphatic carbocycles. The minimum absolute atomic E-state index is 0.352. The maximum absolute atomic E-state index is 12.6. The highest BCUT2D eigenvalue weighted by Crippen LogP contribution is 2.31. The number of anilines is 3. The molecule has 0 bridgehead atoms. The molecule has 0 spiro atoms. The van der Waals surface area contributed by atoms with Crippen molar-refractivity contribution < 1.29 is 8.42 Å². The first kappa shape index (κ1) is 27.9. The topological polar surface area (TPSA) is 138 Å². The van der Waals surface area contributed by atoms with E-state index in [2.05, 4.69) is 71.3 Å². The van der Waals surface area contributed by atoms with Gasteiger partial charge in [-0.15, -0.1) is 0 Å². The molecule has 42 heavy (non-hydrogen) atoms. The van der Waals surface area contributed by atoms with Crippen molar-refractivity contribution in [2.24, 2.45) is 5.92 Å². The van der Waals surface area contributed by atoms with Crippen LogP contribution in [-0.4, -0.2) is 86.6 Å². The van der Waals surface area contributed by atoms with E-state index < -0.39 is 10.0 Å². The van der Waals surface area contributed by atoms with E-state index in [1.807, 2.05) is 13.0 Å². The number of aromatic amines is 1. The number of rotatable bonds is 8. The summed E-state index contributed by atoms with van der Waals surface area (Å²) in [5, 5.41) is 14.0. The number of piperidine rings is 1. The molecule has 2 aliphatic rings. The van der Waals surface area contributed by atoms with E-state index >= 15 is 0 Å². The number of hydrogen-bond acceptors (Lipinski definition) is 10. The Balaban J connectivity index is 1.25. The standard InChI is InChI=1S/C29H34N10O2S/c1-20-22(16-32-36-20)4-5-23-15-31-28(14-26(23)38-12-9-21(10-13-38)18-37(2)3)34-27-8-11-30-29(35-27)24-17-33-39(19-24)42(40,41)25-6-7-25/h8,11,14-17,19,21,25H,6-7,9-10,12-13,18H2,1-3H3,(H,32,36)(H,30,31,34,35). The van der Waals surface area contributed by atoms with Gasteiger partial charge in [0.25, 0.3) is 10.0 Å². The van der Waals surface area contributed by atoms with Crippen molar-refractivity contribution in [2.45, 2.75) is 37.9 Å². The van der Waals surface area contributed by atoms with Crippen LogP contribution in [0, 0.1) is 24.7 Å². The molecule has 4 aromatic heterocycles. The number of pyridine rings is 1. The third-order valence-electron chi connectivity index (χ3n) is 7.56. The van der Waals surface area contributed by atoms with Crippen molar-refractivity contribution in [3.63, 3.8) is 0 Å². The lowest BCUT2D eigenvalue weighted by Crippen LogP contribution is -2.37. The maximum Gasteiger partial charge on any atom is 0.256 e. The van der Waals surface area contributed by atoms with E-state index in [-0.39, 0.29) is 5.25 Å². The summed E-state index contributed by atoms with van der Waals surface area (Å²) >= 11 is 0. The van der Waals surface area contributed by atoms with Crippen molar-refractivity contribution >= 4 is 27.3 Å². The quantitative estimate of drug-likeness (QED) is 0.296. The molecular weight excluding hydrogens is 552 g/mol. The normalized spacial score (nSPS) is 16.0. The van der Waals surface area contributed by atoms with E-state index in [9.17, 15) is 8.42 Å². The molecule has 0 aromatic carbocycles. The van der Waals surface area contributed by atoms with Crippen LogP contribution < -0.4 is 10.2 Å². The summed E-state index contributed by atoms with van der Waals surface area (Å²) in [7, 11) is 0.787. The predicted octanol–water partition coefficient (Wildman–Crippen LogP) is 3.03. The van der Waals surface area contributed by atoms with Crippen molar-refractivity contribution in [3.05, 3.63) is 59.9 Å². The molecule has 1 aliphatic heterocycles. The molecule has 5 heterocycles. The molecule has 12 nitrogen and oxygen atoms in total. The van der Waals surface area contributed by atoms with Crippen LogP contribution in [0.2, 0.25) is 0 Å². The summed E-state index contributed by atoms with van der Waals surface area (Å²) in [6.45, 7) is 4.91. The summed E-state index contributed by atoms with van der Waals surface area (Å²) in [5.74, 6) is 8.75. The van der Waals surface area contributed by atoms with Crippen LogP contribution in [0.25, 0.3) is 11.4 Å². The van der Waals surface area contributed by atoms with E-state index in [0.717, 1.165) is 59.1 Å². The first-order valence-corrected chi connectivity index (χ1v) is 15.6. The molecular formula is C29H34N10O2S. The Kier molecular flexibility index (Phi) is 7.66. The Morgan fingerprint density at radius 2 is 1.83 bits per heavy atom. The predicted molar refractivity (Wildman–Crippen MR) is 161 cm³/mol. The van der Waals surface area contributed by atoms with Gasteiger partial charge in [-0.3, -0.25) is 5.10 Å². The Bertz CT molecular complexity index is 1740. The number of aromatic nitrogens is 7. The van der Waals surface area contributed by atoms with Crippen molar-refractivity contribution in [3.8, 4) is 23.2 Å². The zero-order valence-electron chi connectivity index (χ0n) is 23.9. The van der Waals surface area contributed by atoms with Gasteiger partial charge < -0.3 is 15.1 Å². The fraction of sp³-hybridized carbons (Fsp3) is 0.414. The molecule has 218 valence electrons. The van der Waals surface area contributed by atoms with Gasteiger partial charge >= 0.3 is 0 Å². The minimum atomic E-state index is -3.46.